The minimum absolute atomic E-state index is 0.540. The van der Waals surface area contributed by atoms with Crippen molar-refractivity contribution in [2.24, 2.45) is 0 Å². The summed E-state index contributed by atoms with van der Waals surface area (Å²) >= 11 is 1.79. The molecule has 1 aromatic heterocycles. The molecule has 1 heterocycles. The number of aryl methyl sites for hydroxylation is 1. The van der Waals surface area contributed by atoms with Gasteiger partial charge in [-0.1, -0.05) is 19.0 Å². The van der Waals surface area contributed by atoms with Crippen LogP contribution in [-0.2, 0) is 12.2 Å². The van der Waals surface area contributed by atoms with Gasteiger partial charge in [-0.05, 0) is 11.7 Å². The van der Waals surface area contributed by atoms with E-state index < -0.39 is 0 Å². The first-order valence-corrected chi connectivity index (χ1v) is 6.07. The van der Waals surface area contributed by atoms with Crippen molar-refractivity contribution in [1.82, 2.24) is 10.1 Å². The summed E-state index contributed by atoms with van der Waals surface area (Å²) < 4.78 is 5.06. The molecule has 0 spiro atoms. The van der Waals surface area contributed by atoms with E-state index in [0.29, 0.717) is 24.0 Å². The molecule has 0 saturated heterocycles. The minimum Gasteiger partial charge on any atom is -0.339 e. The highest BCUT2D eigenvalue weighted by molar-refractivity contribution is 7.99. The molecule has 0 aliphatic heterocycles. The molecule has 0 fully saturated rings. The summed E-state index contributed by atoms with van der Waals surface area (Å²) in [7, 11) is 0. The number of nitriles is 1. The van der Waals surface area contributed by atoms with Gasteiger partial charge >= 0.3 is 0 Å². The van der Waals surface area contributed by atoms with Crippen LogP contribution in [0.3, 0.4) is 0 Å². The van der Waals surface area contributed by atoms with E-state index in [9.17, 15) is 0 Å². The van der Waals surface area contributed by atoms with Gasteiger partial charge in [0.2, 0.25) is 5.89 Å². The Morgan fingerprint density at radius 3 is 3.00 bits per heavy atom. The molecule has 1 rings (SSSR count). The monoisotopic (exact) mass is 225 g/mol. The van der Waals surface area contributed by atoms with Crippen molar-refractivity contribution in [3.8, 4) is 6.07 Å². The Hall–Kier alpha value is -1.02. The van der Waals surface area contributed by atoms with E-state index in [1.165, 1.54) is 0 Å². The van der Waals surface area contributed by atoms with E-state index in [0.717, 1.165) is 18.0 Å². The lowest BCUT2D eigenvalue weighted by molar-refractivity contribution is 0.372. The van der Waals surface area contributed by atoms with Crippen LogP contribution in [0.4, 0.5) is 0 Å². The highest BCUT2D eigenvalue weighted by Crippen LogP contribution is 2.15. The van der Waals surface area contributed by atoms with E-state index >= 15 is 0 Å². The number of thioether (sulfide) groups is 1. The number of unbranched alkanes of at least 4 members (excludes halogenated alkanes) is 1. The van der Waals surface area contributed by atoms with Gasteiger partial charge in [0.15, 0.2) is 5.82 Å². The molecule has 0 aliphatic rings. The van der Waals surface area contributed by atoms with Crippen LogP contribution in [0.1, 0.15) is 38.4 Å². The SMILES string of the molecule is CC(C)SCc1noc(CCCC#N)n1. The highest BCUT2D eigenvalue weighted by atomic mass is 32.2. The van der Waals surface area contributed by atoms with Gasteiger partial charge in [0.1, 0.15) is 0 Å². The Bertz CT molecular complexity index is 330. The molecular formula is C10H15N3OS. The maximum atomic E-state index is 8.37. The molecule has 4 nitrogen and oxygen atoms in total. The molecule has 0 atom stereocenters. The smallest absolute Gasteiger partial charge is 0.226 e. The maximum Gasteiger partial charge on any atom is 0.226 e. The van der Waals surface area contributed by atoms with E-state index in [2.05, 4.69) is 30.1 Å². The van der Waals surface area contributed by atoms with Crippen molar-refractivity contribution in [1.29, 1.82) is 5.26 Å². The van der Waals surface area contributed by atoms with Crippen LogP contribution in [0, 0.1) is 11.3 Å². The third-order valence-electron chi connectivity index (χ3n) is 1.74. The largest absolute Gasteiger partial charge is 0.339 e. The summed E-state index contributed by atoms with van der Waals surface area (Å²) in [6.07, 6.45) is 2.03. The predicted molar refractivity (Wildman–Crippen MR) is 59.3 cm³/mol. The Kier molecular flexibility index (Phi) is 5.19. The molecular weight excluding hydrogens is 210 g/mol. The lowest BCUT2D eigenvalue weighted by Gasteiger charge is -1.98. The van der Waals surface area contributed by atoms with Crippen molar-refractivity contribution >= 4 is 11.8 Å². The Morgan fingerprint density at radius 1 is 1.53 bits per heavy atom. The maximum absolute atomic E-state index is 8.37. The molecule has 0 radical (unpaired) electrons. The van der Waals surface area contributed by atoms with Crippen LogP contribution in [0.25, 0.3) is 0 Å². The predicted octanol–water partition coefficient (Wildman–Crippen LogP) is 2.56. The van der Waals surface area contributed by atoms with Gasteiger partial charge in [-0.2, -0.15) is 22.0 Å². The van der Waals surface area contributed by atoms with Gasteiger partial charge in [0.05, 0.1) is 11.8 Å². The van der Waals surface area contributed by atoms with Crippen molar-refractivity contribution in [2.45, 2.75) is 44.1 Å². The van der Waals surface area contributed by atoms with E-state index in [1.807, 2.05) is 0 Å². The van der Waals surface area contributed by atoms with Gasteiger partial charge in [0.25, 0.3) is 0 Å². The quantitative estimate of drug-likeness (QED) is 0.696. The van der Waals surface area contributed by atoms with Crippen LogP contribution < -0.4 is 0 Å². The molecule has 0 unspecified atom stereocenters. The first-order chi connectivity index (χ1) is 7.22. The minimum atomic E-state index is 0.540. The van der Waals surface area contributed by atoms with E-state index in [-0.39, 0.29) is 0 Å². The highest BCUT2D eigenvalue weighted by Gasteiger charge is 2.06. The van der Waals surface area contributed by atoms with Gasteiger partial charge in [-0.15, -0.1) is 0 Å². The fourth-order valence-electron chi connectivity index (χ4n) is 1.01. The van der Waals surface area contributed by atoms with Crippen LogP contribution in [0.2, 0.25) is 0 Å². The fourth-order valence-corrected chi connectivity index (χ4v) is 1.61. The summed E-state index contributed by atoms with van der Waals surface area (Å²) in [5.41, 5.74) is 0. The first-order valence-electron chi connectivity index (χ1n) is 5.02. The normalized spacial score (nSPS) is 10.5. The molecule has 0 saturated carbocycles. The molecule has 15 heavy (non-hydrogen) atoms. The number of nitrogens with zero attached hydrogens (tertiary/aromatic N) is 3. The molecule has 0 aromatic carbocycles. The topological polar surface area (TPSA) is 62.7 Å². The standard InChI is InChI=1S/C10H15N3OS/c1-8(2)15-7-9-12-10(14-13-9)5-3-4-6-11/h8H,3-5,7H2,1-2H3. The summed E-state index contributed by atoms with van der Waals surface area (Å²) in [5.74, 6) is 2.18. The molecule has 0 N–H and O–H groups in total. The van der Waals surface area contributed by atoms with Gasteiger partial charge in [-0.25, -0.2) is 0 Å². The first kappa shape index (κ1) is 12.1. The average molecular weight is 225 g/mol. The van der Waals surface area contributed by atoms with Gasteiger partial charge in [-0.3, -0.25) is 0 Å². The van der Waals surface area contributed by atoms with Crippen LogP contribution in [0.5, 0.6) is 0 Å². The second kappa shape index (κ2) is 6.46. The molecule has 82 valence electrons. The molecule has 0 amide bonds. The Balaban J connectivity index is 2.32. The van der Waals surface area contributed by atoms with Gasteiger partial charge in [0, 0.05) is 12.8 Å². The molecule has 0 bridgehead atoms. The summed E-state index contributed by atoms with van der Waals surface area (Å²) in [4.78, 5) is 4.25. The Labute approximate surface area is 94.1 Å². The number of rotatable bonds is 6. The summed E-state index contributed by atoms with van der Waals surface area (Å²) in [6, 6.07) is 2.09. The van der Waals surface area contributed by atoms with Crippen LogP contribution in [-0.4, -0.2) is 15.4 Å². The lowest BCUT2D eigenvalue weighted by atomic mass is 10.2. The van der Waals surface area contributed by atoms with Crippen molar-refractivity contribution in [2.75, 3.05) is 0 Å². The van der Waals surface area contributed by atoms with Crippen molar-refractivity contribution in [3.63, 3.8) is 0 Å². The van der Waals surface area contributed by atoms with Gasteiger partial charge < -0.3 is 4.52 Å². The second-order valence-electron chi connectivity index (χ2n) is 3.48. The zero-order valence-electron chi connectivity index (χ0n) is 9.06. The Morgan fingerprint density at radius 2 is 2.33 bits per heavy atom. The lowest BCUT2D eigenvalue weighted by Crippen LogP contribution is -1.91. The molecule has 5 heteroatoms. The fraction of sp³-hybridized carbons (Fsp3) is 0.700. The molecule has 0 aliphatic carbocycles. The van der Waals surface area contributed by atoms with Crippen LogP contribution in [0.15, 0.2) is 4.52 Å². The second-order valence-corrected chi connectivity index (χ2v) is 5.04. The van der Waals surface area contributed by atoms with Crippen molar-refractivity contribution < 1.29 is 4.52 Å². The third-order valence-corrected chi connectivity index (χ3v) is 2.83. The molecule has 1 aromatic rings. The van der Waals surface area contributed by atoms with Crippen molar-refractivity contribution in [3.05, 3.63) is 11.7 Å². The zero-order chi connectivity index (χ0) is 11.1. The average Bonchev–Trinajstić information content (AvgIpc) is 2.63. The third kappa shape index (κ3) is 4.84. The van der Waals surface area contributed by atoms with E-state index in [1.54, 1.807) is 11.8 Å². The number of hydrogen-bond acceptors (Lipinski definition) is 5. The van der Waals surface area contributed by atoms with E-state index in [4.69, 9.17) is 9.78 Å². The van der Waals surface area contributed by atoms with Crippen LogP contribution >= 0.6 is 11.8 Å². The number of hydrogen-bond donors (Lipinski definition) is 0. The zero-order valence-corrected chi connectivity index (χ0v) is 9.88. The number of aromatic nitrogens is 2. The summed E-state index contributed by atoms with van der Waals surface area (Å²) in [6.45, 7) is 4.27. The summed E-state index contributed by atoms with van der Waals surface area (Å²) in [5, 5.41) is 12.8.